The standard InChI is InChI=1S/C18H15FN4O2/c19-12-5-7-13(8-6-12)23-10-11(9-16(23)24)17(25)22-18-20-14-3-1-2-4-15(14)21-18/h1-8,11H,9-10H2,(H2,20,21,22,25)/t11-/m1/s1. The van der Waals surface area contributed by atoms with Crippen molar-refractivity contribution in [3.8, 4) is 0 Å². The van der Waals surface area contributed by atoms with Crippen molar-refractivity contribution in [2.45, 2.75) is 6.42 Å². The van der Waals surface area contributed by atoms with E-state index in [0.717, 1.165) is 11.0 Å². The molecule has 1 aliphatic heterocycles. The summed E-state index contributed by atoms with van der Waals surface area (Å²) in [5, 5.41) is 2.73. The third kappa shape index (κ3) is 2.96. The van der Waals surface area contributed by atoms with Gasteiger partial charge in [0.05, 0.1) is 17.0 Å². The van der Waals surface area contributed by atoms with Gasteiger partial charge in [0.25, 0.3) is 0 Å². The van der Waals surface area contributed by atoms with E-state index in [1.54, 1.807) is 0 Å². The molecule has 2 amide bonds. The predicted molar refractivity (Wildman–Crippen MR) is 91.6 cm³/mol. The van der Waals surface area contributed by atoms with Gasteiger partial charge in [0, 0.05) is 18.7 Å². The van der Waals surface area contributed by atoms with Gasteiger partial charge in [-0.25, -0.2) is 9.37 Å². The number of hydrogen-bond acceptors (Lipinski definition) is 3. The lowest BCUT2D eigenvalue weighted by Gasteiger charge is -2.16. The molecule has 3 aromatic rings. The molecule has 1 atom stereocenters. The highest BCUT2D eigenvalue weighted by Crippen LogP contribution is 2.26. The number of benzene rings is 2. The van der Waals surface area contributed by atoms with E-state index < -0.39 is 5.92 Å². The van der Waals surface area contributed by atoms with Crippen LogP contribution in [0.3, 0.4) is 0 Å². The summed E-state index contributed by atoms with van der Waals surface area (Å²) < 4.78 is 13.0. The Kier molecular flexibility index (Phi) is 3.68. The second kappa shape index (κ2) is 6.01. The number of nitrogens with zero attached hydrogens (tertiary/aromatic N) is 2. The minimum absolute atomic E-state index is 0.115. The maximum atomic E-state index is 13.0. The van der Waals surface area contributed by atoms with Crippen LogP contribution >= 0.6 is 0 Å². The maximum Gasteiger partial charge on any atom is 0.232 e. The number of carbonyl (C=O) groups excluding carboxylic acids is 2. The van der Waals surface area contributed by atoms with Gasteiger partial charge < -0.3 is 9.88 Å². The molecule has 2 N–H and O–H groups in total. The lowest BCUT2D eigenvalue weighted by molar-refractivity contribution is -0.122. The number of H-pyrrole nitrogens is 1. The van der Waals surface area contributed by atoms with Gasteiger partial charge in [-0.05, 0) is 36.4 Å². The van der Waals surface area contributed by atoms with Gasteiger partial charge in [0.1, 0.15) is 5.82 Å². The third-order valence-electron chi connectivity index (χ3n) is 4.27. The van der Waals surface area contributed by atoms with E-state index in [0.29, 0.717) is 11.6 Å². The zero-order chi connectivity index (χ0) is 17.4. The number of halogens is 1. The maximum absolute atomic E-state index is 13.0. The molecule has 0 saturated carbocycles. The molecule has 0 spiro atoms. The van der Waals surface area contributed by atoms with Crippen LogP contribution in [0.25, 0.3) is 11.0 Å². The van der Waals surface area contributed by atoms with Crippen LogP contribution in [-0.4, -0.2) is 28.3 Å². The van der Waals surface area contributed by atoms with Crippen LogP contribution < -0.4 is 10.2 Å². The highest BCUT2D eigenvalue weighted by molar-refractivity contribution is 6.03. The summed E-state index contributed by atoms with van der Waals surface area (Å²) >= 11 is 0. The number of amides is 2. The van der Waals surface area contributed by atoms with Crippen molar-refractivity contribution in [3.63, 3.8) is 0 Å². The van der Waals surface area contributed by atoms with Crippen LogP contribution in [0.1, 0.15) is 6.42 Å². The third-order valence-corrected chi connectivity index (χ3v) is 4.27. The summed E-state index contributed by atoms with van der Waals surface area (Å²) in [6, 6.07) is 13.1. The van der Waals surface area contributed by atoms with Crippen LogP contribution in [0.15, 0.2) is 48.5 Å². The van der Waals surface area contributed by atoms with E-state index in [4.69, 9.17) is 0 Å². The molecule has 0 bridgehead atoms. The molecule has 1 saturated heterocycles. The summed E-state index contributed by atoms with van der Waals surface area (Å²) in [6.45, 7) is 0.260. The van der Waals surface area contributed by atoms with E-state index in [1.807, 2.05) is 24.3 Å². The topological polar surface area (TPSA) is 78.1 Å². The molecule has 0 radical (unpaired) electrons. The first-order valence-electron chi connectivity index (χ1n) is 7.92. The summed E-state index contributed by atoms with van der Waals surface area (Å²) in [7, 11) is 0. The summed E-state index contributed by atoms with van der Waals surface area (Å²) in [5.74, 6) is -0.910. The summed E-state index contributed by atoms with van der Waals surface area (Å²) in [5.41, 5.74) is 2.17. The molecule has 4 rings (SSSR count). The van der Waals surface area contributed by atoms with Crippen molar-refractivity contribution in [3.05, 3.63) is 54.3 Å². The molecule has 1 aliphatic rings. The van der Waals surface area contributed by atoms with Crippen molar-refractivity contribution in [2.75, 3.05) is 16.8 Å². The zero-order valence-corrected chi connectivity index (χ0v) is 13.2. The smallest absolute Gasteiger partial charge is 0.232 e. The second-order valence-corrected chi connectivity index (χ2v) is 5.97. The number of nitrogens with one attached hydrogen (secondary N) is 2. The van der Waals surface area contributed by atoms with Crippen molar-refractivity contribution in [1.82, 2.24) is 9.97 Å². The van der Waals surface area contributed by atoms with Crippen molar-refractivity contribution in [1.29, 1.82) is 0 Å². The second-order valence-electron chi connectivity index (χ2n) is 5.97. The molecular formula is C18H15FN4O2. The van der Waals surface area contributed by atoms with Crippen LogP contribution in [0.2, 0.25) is 0 Å². The van der Waals surface area contributed by atoms with Crippen LogP contribution in [0.4, 0.5) is 16.0 Å². The Morgan fingerprint density at radius 3 is 2.72 bits per heavy atom. The Labute approximate surface area is 142 Å². The normalized spacial score (nSPS) is 17.2. The van der Waals surface area contributed by atoms with Gasteiger partial charge in [-0.3, -0.25) is 14.9 Å². The average molecular weight is 338 g/mol. The Morgan fingerprint density at radius 1 is 1.20 bits per heavy atom. The van der Waals surface area contributed by atoms with Crippen LogP contribution in [-0.2, 0) is 9.59 Å². The van der Waals surface area contributed by atoms with Crippen molar-refractivity contribution >= 4 is 34.5 Å². The van der Waals surface area contributed by atoms with E-state index >= 15 is 0 Å². The van der Waals surface area contributed by atoms with Gasteiger partial charge >= 0.3 is 0 Å². The number of aromatic amines is 1. The minimum atomic E-state index is -0.481. The quantitative estimate of drug-likeness (QED) is 0.771. The number of rotatable bonds is 3. The highest BCUT2D eigenvalue weighted by atomic mass is 19.1. The minimum Gasteiger partial charge on any atom is -0.324 e. The molecule has 7 heteroatoms. The molecule has 2 aromatic carbocycles. The zero-order valence-electron chi connectivity index (χ0n) is 13.2. The SMILES string of the molecule is O=C(Nc1nc2ccccc2[nH]1)[C@@H]1CC(=O)N(c2ccc(F)cc2)C1. The number of fused-ring (bicyclic) bond motifs is 1. The molecule has 25 heavy (non-hydrogen) atoms. The van der Waals surface area contributed by atoms with Gasteiger partial charge in [-0.15, -0.1) is 0 Å². The first-order chi connectivity index (χ1) is 12.1. The van der Waals surface area contributed by atoms with Crippen molar-refractivity contribution in [2.24, 2.45) is 5.92 Å². The Balaban J connectivity index is 1.47. The van der Waals surface area contributed by atoms with Crippen molar-refractivity contribution < 1.29 is 14.0 Å². The highest BCUT2D eigenvalue weighted by Gasteiger charge is 2.35. The number of imidazole rings is 1. The molecule has 0 unspecified atom stereocenters. The van der Waals surface area contributed by atoms with E-state index in [2.05, 4.69) is 15.3 Å². The Hall–Kier alpha value is -3.22. The number of anilines is 2. The number of hydrogen-bond donors (Lipinski definition) is 2. The Bertz CT molecular complexity index is 918. The molecule has 126 valence electrons. The average Bonchev–Trinajstić information content (AvgIpc) is 3.18. The molecule has 0 aliphatic carbocycles. The summed E-state index contributed by atoms with van der Waals surface area (Å²) in [6.07, 6.45) is 0.115. The van der Waals surface area contributed by atoms with Gasteiger partial charge in [0.15, 0.2) is 0 Å². The fourth-order valence-electron chi connectivity index (χ4n) is 2.98. The Morgan fingerprint density at radius 2 is 1.96 bits per heavy atom. The fraction of sp³-hybridized carbons (Fsp3) is 0.167. The summed E-state index contributed by atoms with van der Waals surface area (Å²) in [4.78, 5) is 33.5. The fourth-order valence-corrected chi connectivity index (χ4v) is 2.98. The molecular weight excluding hydrogens is 323 g/mol. The van der Waals surface area contributed by atoms with E-state index in [9.17, 15) is 14.0 Å². The monoisotopic (exact) mass is 338 g/mol. The van der Waals surface area contributed by atoms with Gasteiger partial charge in [-0.1, -0.05) is 12.1 Å². The lowest BCUT2D eigenvalue weighted by Crippen LogP contribution is -2.28. The predicted octanol–water partition coefficient (Wildman–Crippen LogP) is 2.69. The lowest BCUT2D eigenvalue weighted by atomic mass is 10.1. The molecule has 1 aromatic heterocycles. The first-order valence-corrected chi connectivity index (χ1v) is 7.92. The molecule has 6 nitrogen and oxygen atoms in total. The molecule has 1 fully saturated rings. The number of carbonyl (C=O) groups is 2. The largest absolute Gasteiger partial charge is 0.324 e. The van der Waals surface area contributed by atoms with Crippen LogP contribution in [0, 0.1) is 11.7 Å². The number of aromatic nitrogens is 2. The number of para-hydroxylation sites is 2. The van der Waals surface area contributed by atoms with E-state index in [-0.39, 0.29) is 30.6 Å². The first kappa shape index (κ1) is 15.3. The molecule has 2 heterocycles. The van der Waals surface area contributed by atoms with Gasteiger partial charge in [-0.2, -0.15) is 0 Å². The van der Waals surface area contributed by atoms with Gasteiger partial charge in [0.2, 0.25) is 17.8 Å². The van der Waals surface area contributed by atoms with Crippen LogP contribution in [0.5, 0.6) is 0 Å². The van der Waals surface area contributed by atoms with E-state index in [1.165, 1.54) is 29.2 Å².